The van der Waals surface area contributed by atoms with Crippen molar-refractivity contribution in [3.8, 4) is 17.0 Å². The van der Waals surface area contributed by atoms with E-state index >= 15 is 0 Å². The summed E-state index contributed by atoms with van der Waals surface area (Å²) in [6.45, 7) is 0.326. The number of halogens is 1. The molecule has 0 saturated heterocycles. The molecule has 0 fully saturated rings. The highest BCUT2D eigenvalue weighted by Gasteiger charge is 2.43. The second-order valence-electron chi connectivity index (χ2n) is 7.03. The van der Waals surface area contributed by atoms with Crippen molar-refractivity contribution >= 4 is 17.5 Å². The molecule has 1 aliphatic rings. The van der Waals surface area contributed by atoms with Crippen LogP contribution in [0, 0.1) is 0 Å². The lowest BCUT2D eigenvalue weighted by Gasteiger charge is -2.26. The summed E-state index contributed by atoms with van der Waals surface area (Å²) >= 11 is 6.56. The van der Waals surface area contributed by atoms with E-state index in [0.717, 1.165) is 22.4 Å². The van der Waals surface area contributed by atoms with Crippen LogP contribution in [0.15, 0.2) is 71.3 Å². The number of hydrogen-bond donors (Lipinski definition) is 1. The Morgan fingerprint density at radius 1 is 1.13 bits per heavy atom. The van der Waals surface area contributed by atoms with Gasteiger partial charge in [-0.25, -0.2) is 0 Å². The highest BCUT2D eigenvalue weighted by atomic mass is 35.5. The Bertz CT molecular complexity index is 1200. The van der Waals surface area contributed by atoms with E-state index in [1.807, 2.05) is 60.7 Å². The van der Waals surface area contributed by atoms with E-state index in [2.05, 4.69) is 10.2 Å². The van der Waals surface area contributed by atoms with Crippen LogP contribution in [0.4, 0.5) is 0 Å². The molecule has 0 radical (unpaired) electrons. The van der Waals surface area contributed by atoms with Crippen LogP contribution in [-0.4, -0.2) is 28.1 Å². The van der Waals surface area contributed by atoms with E-state index in [9.17, 15) is 4.79 Å². The summed E-state index contributed by atoms with van der Waals surface area (Å²) in [6.07, 6.45) is 1.60. The number of benzene rings is 2. The number of nitrogens with zero attached hydrogens (tertiary/aromatic N) is 2. The average molecular weight is 420 g/mol. The summed E-state index contributed by atoms with van der Waals surface area (Å²) in [6, 6.07) is 18.4. The average Bonchev–Trinajstić information content (AvgIpc) is 3.49. The first-order chi connectivity index (χ1) is 14.7. The van der Waals surface area contributed by atoms with Crippen LogP contribution in [0.25, 0.3) is 11.3 Å². The number of nitrogens with one attached hydrogen (secondary N) is 1. The van der Waals surface area contributed by atoms with E-state index in [0.29, 0.717) is 28.7 Å². The first-order valence-corrected chi connectivity index (χ1v) is 9.85. The number of H-pyrrole nitrogens is 1. The van der Waals surface area contributed by atoms with Gasteiger partial charge in [-0.05, 0) is 48.0 Å². The molecular weight excluding hydrogens is 402 g/mol. The minimum absolute atomic E-state index is 0.140. The standard InChI is InChI=1S/C23H18ClN3O3/c1-29-15-10-8-14(9-11-15)20-19-21(26-25-20)23(28)27(13-16-5-4-12-30-16)22(19)17-6-2-3-7-18(17)24/h2-12,22H,13H2,1H3,(H,25,26). The largest absolute Gasteiger partial charge is 0.497 e. The number of furan rings is 1. The fourth-order valence-electron chi connectivity index (χ4n) is 3.92. The maximum absolute atomic E-state index is 13.3. The molecule has 1 atom stereocenters. The summed E-state index contributed by atoms with van der Waals surface area (Å²) in [7, 11) is 1.62. The maximum atomic E-state index is 13.3. The summed E-state index contributed by atoms with van der Waals surface area (Å²) in [5.74, 6) is 1.31. The summed E-state index contributed by atoms with van der Waals surface area (Å²) in [5, 5.41) is 8.01. The Hall–Kier alpha value is -3.51. The number of hydrogen-bond acceptors (Lipinski definition) is 4. The highest BCUT2D eigenvalue weighted by Crippen LogP contribution is 2.45. The van der Waals surface area contributed by atoms with Gasteiger partial charge in [-0.3, -0.25) is 9.89 Å². The maximum Gasteiger partial charge on any atom is 0.273 e. The molecule has 5 rings (SSSR count). The van der Waals surface area contributed by atoms with Gasteiger partial charge in [0.05, 0.1) is 31.7 Å². The van der Waals surface area contributed by atoms with Crippen LogP contribution in [0.5, 0.6) is 5.75 Å². The fraction of sp³-hybridized carbons (Fsp3) is 0.130. The molecule has 0 bridgehead atoms. The Morgan fingerprint density at radius 2 is 1.93 bits per heavy atom. The lowest BCUT2D eigenvalue weighted by molar-refractivity contribution is 0.0717. The SMILES string of the molecule is COc1ccc(-c2n[nH]c3c2C(c2ccccc2Cl)N(Cc2ccco2)C3=O)cc1. The molecule has 6 nitrogen and oxygen atoms in total. The van der Waals surface area contributed by atoms with Crippen molar-refractivity contribution in [1.29, 1.82) is 0 Å². The molecule has 2 aromatic carbocycles. The molecule has 4 aromatic rings. The number of ether oxygens (including phenoxy) is 1. The Labute approximate surface area is 178 Å². The van der Waals surface area contributed by atoms with Crippen molar-refractivity contribution in [2.75, 3.05) is 7.11 Å². The number of carbonyl (C=O) groups is 1. The lowest BCUT2D eigenvalue weighted by atomic mass is 9.96. The molecule has 2 aromatic heterocycles. The quantitative estimate of drug-likeness (QED) is 0.489. The molecule has 1 unspecified atom stereocenters. The van der Waals surface area contributed by atoms with Crippen molar-refractivity contribution in [2.45, 2.75) is 12.6 Å². The molecule has 1 aliphatic heterocycles. The van der Waals surface area contributed by atoms with Crippen LogP contribution in [0.2, 0.25) is 5.02 Å². The number of aromatic amines is 1. The van der Waals surface area contributed by atoms with Gasteiger partial charge in [0.1, 0.15) is 17.2 Å². The van der Waals surface area contributed by atoms with Gasteiger partial charge in [-0.1, -0.05) is 29.8 Å². The highest BCUT2D eigenvalue weighted by molar-refractivity contribution is 6.31. The third-order valence-corrected chi connectivity index (χ3v) is 5.68. The van der Waals surface area contributed by atoms with E-state index in [4.69, 9.17) is 20.8 Å². The van der Waals surface area contributed by atoms with E-state index in [1.54, 1.807) is 18.3 Å². The first-order valence-electron chi connectivity index (χ1n) is 9.48. The van der Waals surface area contributed by atoms with Crippen LogP contribution in [-0.2, 0) is 6.54 Å². The van der Waals surface area contributed by atoms with Gasteiger partial charge in [0, 0.05) is 16.1 Å². The van der Waals surface area contributed by atoms with Gasteiger partial charge < -0.3 is 14.1 Å². The smallest absolute Gasteiger partial charge is 0.273 e. The minimum atomic E-state index is -0.387. The van der Waals surface area contributed by atoms with Crippen LogP contribution in [0.3, 0.4) is 0 Å². The zero-order chi connectivity index (χ0) is 20.7. The zero-order valence-electron chi connectivity index (χ0n) is 16.1. The molecule has 0 aliphatic carbocycles. The third kappa shape index (κ3) is 2.97. The molecule has 0 saturated carbocycles. The topological polar surface area (TPSA) is 71.4 Å². The molecule has 1 N–H and O–H groups in total. The number of methoxy groups -OCH3 is 1. The Kier molecular flexibility index (Phi) is 4.56. The summed E-state index contributed by atoms with van der Waals surface area (Å²) < 4.78 is 10.8. The number of fused-ring (bicyclic) bond motifs is 1. The summed E-state index contributed by atoms with van der Waals surface area (Å²) in [4.78, 5) is 15.1. The lowest BCUT2D eigenvalue weighted by Crippen LogP contribution is -2.29. The number of rotatable bonds is 5. The first kappa shape index (κ1) is 18.5. The van der Waals surface area contributed by atoms with Gasteiger partial charge in [-0.15, -0.1) is 0 Å². The molecule has 30 heavy (non-hydrogen) atoms. The number of amides is 1. The van der Waals surface area contributed by atoms with Gasteiger partial charge in [-0.2, -0.15) is 5.10 Å². The minimum Gasteiger partial charge on any atom is -0.497 e. The van der Waals surface area contributed by atoms with Gasteiger partial charge in [0.15, 0.2) is 0 Å². The van der Waals surface area contributed by atoms with E-state index < -0.39 is 0 Å². The predicted octanol–water partition coefficient (Wildman–Crippen LogP) is 5.08. The number of aromatic nitrogens is 2. The Morgan fingerprint density at radius 3 is 2.63 bits per heavy atom. The van der Waals surface area contributed by atoms with Crippen LogP contribution < -0.4 is 4.74 Å². The molecule has 150 valence electrons. The van der Waals surface area contributed by atoms with E-state index in [-0.39, 0.29) is 11.9 Å². The van der Waals surface area contributed by atoms with Crippen molar-refractivity contribution in [3.05, 3.63) is 94.5 Å². The monoisotopic (exact) mass is 419 g/mol. The molecule has 1 amide bonds. The van der Waals surface area contributed by atoms with E-state index in [1.165, 1.54) is 0 Å². The van der Waals surface area contributed by atoms with Crippen LogP contribution in [0.1, 0.15) is 33.4 Å². The normalized spacial score (nSPS) is 15.5. The Balaban J connectivity index is 1.66. The van der Waals surface area contributed by atoms with Crippen molar-refractivity contribution in [1.82, 2.24) is 15.1 Å². The van der Waals surface area contributed by atoms with Gasteiger partial charge in [0.25, 0.3) is 5.91 Å². The predicted molar refractivity (Wildman–Crippen MR) is 112 cm³/mol. The van der Waals surface area contributed by atoms with Gasteiger partial charge >= 0.3 is 0 Å². The second kappa shape index (κ2) is 7.39. The molecule has 3 heterocycles. The third-order valence-electron chi connectivity index (χ3n) is 5.33. The molecular formula is C23H18ClN3O3. The number of carbonyl (C=O) groups excluding carboxylic acids is 1. The fourth-order valence-corrected chi connectivity index (χ4v) is 4.16. The van der Waals surface area contributed by atoms with Crippen molar-refractivity contribution in [3.63, 3.8) is 0 Å². The second-order valence-corrected chi connectivity index (χ2v) is 7.43. The molecule has 7 heteroatoms. The van der Waals surface area contributed by atoms with Gasteiger partial charge in [0.2, 0.25) is 0 Å². The zero-order valence-corrected chi connectivity index (χ0v) is 16.9. The molecule has 0 spiro atoms. The van der Waals surface area contributed by atoms with Crippen molar-refractivity contribution in [2.24, 2.45) is 0 Å². The van der Waals surface area contributed by atoms with Crippen LogP contribution >= 0.6 is 11.6 Å². The summed E-state index contributed by atoms with van der Waals surface area (Å²) in [5.41, 5.74) is 3.72. The van der Waals surface area contributed by atoms with Crippen molar-refractivity contribution < 1.29 is 13.9 Å².